The molecule has 32 heavy (non-hydrogen) atoms. The minimum Gasteiger partial charge on any atom is -0.396 e. The summed E-state index contributed by atoms with van der Waals surface area (Å²) in [6.45, 7) is 1.80. The Morgan fingerprint density at radius 3 is 2.59 bits per heavy atom. The Labute approximate surface area is 183 Å². The molecule has 1 aliphatic rings. The molecule has 10 nitrogen and oxygen atoms in total. The number of para-hydroxylation sites is 1. The molecule has 2 aromatic carbocycles. The van der Waals surface area contributed by atoms with Crippen LogP contribution >= 0.6 is 0 Å². The number of nitro benzene ring substituents is 1. The van der Waals surface area contributed by atoms with Crippen LogP contribution < -0.4 is 10.6 Å². The molecule has 1 atom stereocenters. The zero-order valence-electron chi connectivity index (χ0n) is 17.4. The number of allylic oxidation sites excluding steroid dienone is 1. The van der Waals surface area contributed by atoms with Gasteiger partial charge in [0, 0.05) is 36.5 Å². The summed E-state index contributed by atoms with van der Waals surface area (Å²) in [6, 6.07) is 14.5. The van der Waals surface area contributed by atoms with Crippen molar-refractivity contribution in [2.75, 3.05) is 17.2 Å². The molecular formula is C22H22N6O4. The van der Waals surface area contributed by atoms with E-state index in [1.165, 1.54) is 12.1 Å². The number of fused-ring (bicyclic) bond motifs is 1. The molecule has 4 rings (SSSR count). The van der Waals surface area contributed by atoms with Gasteiger partial charge >= 0.3 is 0 Å². The minimum atomic E-state index is -0.633. The van der Waals surface area contributed by atoms with E-state index in [2.05, 4.69) is 20.7 Å². The van der Waals surface area contributed by atoms with E-state index in [0.717, 1.165) is 0 Å². The van der Waals surface area contributed by atoms with Gasteiger partial charge in [-0.2, -0.15) is 10.1 Å². The number of nitro groups is 1. The summed E-state index contributed by atoms with van der Waals surface area (Å²) in [5, 5.41) is 30.8. The van der Waals surface area contributed by atoms with Crippen LogP contribution in [0.2, 0.25) is 0 Å². The molecule has 1 amide bonds. The van der Waals surface area contributed by atoms with Crippen molar-refractivity contribution in [1.82, 2.24) is 14.8 Å². The fourth-order valence-electron chi connectivity index (χ4n) is 3.64. The average Bonchev–Trinajstić information content (AvgIpc) is 3.19. The summed E-state index contributed by atoms with van der Waals surface area (Å²) < 4.78 is 1.61. The Balaban J connectivity index is 1.76. The maximum atomic E-state index is 13.3. The van der Waals surface area contributed by atoms with Crippen molar-refractivity contribution in [3.63, 3.8) is 0 Å². The Morgan fingerprint density at radius 2 is 1.94 bits per heavy atom. The number of aliphatic hydroxyl groups excluding tert-OH is 1. The third kappa shape index (κ3) is 4.21. The highest BCUT2D eigenvalue weighted by atomic mass is 16.6. The first kappa shape index (κ1) is 21.2. The van der Waals surface area contributed by atoms with Gasteiger partial charge in [0.25, 0.3) is 11.6 Å². The summed E-state index contributed by atoms with van der Waals surface area (Å²) in [4.78, 5) is 28.4. The van der Waals surface area contributed by atoms with Gasteiger partial charge in [-0.05, 0) is 43.2 Å². The van der Waals surface area contributed by atoms with Crippen molar-refractivity contribution in [3.05, 3.63) is 87.4 Å². The number of nitrogens with one attached hydrogen (secondary N) is 2. The van der Waals surface area contributed by atoms with Crippen molar-refractivity contribution in [1.29, 1.82) is 0 Å². The highest BCUT2D eigenvalue weighted by Gasteiger charge is 2.34. The van der Waals surface area contributed by atoms with Gasteiger partial charge in [0.05, 0.1) is 10.5 Å². The van der Waals surface area contributed by atoms with Crippen molar-refractivity contribution in [2.45, 2.75) is 25.8 Å². The monoisotopic (exact) mass is 434 g/mol. The van der Waals surface area contributed by atoms with Crippen LogP contribution in [-0.2, 0) is 11.2 Å². The van der Waals surface area contributed by atoms with Gasteiger partial charge < -0.3 is 15.7 Å². The summed E-state index contributed by atoms with van der Waals surface area (Å²) in [5.74, 6) is 0.684. The van der Waals surface area contributed by atoms with Gasteiger partial charge in [0.2, 0.25) is 5.95 Å². The second-order valence-corrected chi connectivity index (χ2v) is 7.36. The van der Waals surface area contributed by atoms with Crippen LogP contribution in [-0.4, -0.2) is 37.3 Å². The highest BCUT2D eigenvalue weighted by molar-refractivity contribution is 6.06. The van der Waals surface area contributed by atoms with Gasteiger partial charge in [0.15, 0.2) is 5.82 Å². The molecule has 3 N–H and O–H groups in total. The standard InChI is InChI=1S/C22H22N6O4/c1-14-19(21(30)24-16-6-3-2-4-7-16)20(15-9-11-17(12-10-15)28(31)32)27-22(23-14)25-18(26-27)8-5-13-29/h2-4,6-7,9-12,20,29H,5,8,13H2,1H3,(H,24,30)(H,23,25,26). The zero-order chi connectivity index (χ0) is 22.7. The molecule has 164 valence electrons. The van der Waals surface area contributed by atoms with E-state index in [1.54, 1.807) is 35.9 Å². The molecular weight excluding hydrogens is 412 g/mol. The number of anilines is 2. The van der Waals surface area contributed by atoms with E-state index in [4.69, 9.17) is 5.11 Å². The Bertz CT molecular complexity index is 1170. The zero-order valence-corrected chi connectivity index (χ0v) is 17.4. The lowest BCUT2D eigenvalue weighted by atomic mass is 9.95. The highest BCUT2D eigenvalue weighted by Crippen LogP contribution is 2.36. The van der Waals surface area contributed by atoms with Crippen LogP contribution in [0, 0.1) is 10.1 Å². The lowest BCUT2D eigenvalue weighted by molar-refractivity contribution is -0.384. The SMILES string of the molecule is CC1=C(C(=O)Nc2ccccc2)C(c2ccc([N+](=O)[O-])cc2)n2nc(CCCO)nc2N1. The molecule has 3 aromatic rings. The number of aryl methyl sites for hydroxylation is 1. The first-order valence-electron chi connectivity index (χ1n) is 10.1. The number of aromatic nitrogens is 3. The molecule has 0 radical (unpaired) electrons. The number of rotatable bonds is 7. The van der Waals surface area contributed by atoms with Gasteiger partial charge in [-0.1, -0.05) is 18.2 Å². The second kappa shape index (κ2) is 8.98. The van der Waals surface area contributed by atoms with Crippen molar-refractivity contribution < 1.29 is 14.8 Å². The second-order valence-electron chi connectivity index (χ2n) is 7.36. The molecule has 1 aliphatic heterocycles. The summed E-state index contributed by atoms with van der Waals surface area (Å²) in [7, 11) is 0. The fourth-order valence-corrected chi connectivity index (χ4v) is 3.64. The summed E-state index contributed by atoms with van der Waals surface area (Å²) >= 11 is 0. The van der Waals surface area contributed by atoms with Crippen LogP contribution in [0.15, 0.2) is 65.9 Å². The number of carbonyl (C=O) groups excluding carboxylic acids is 1. The summed E-state index contributed by atoms with van der Waals surface area (Å²) in [5.41, 5.74) is 2.30. The molecule has 0 bridgehead atoms. The Kier molecular flexibility index (Phi) is 5.95. The quantitative estimate of drug-likeness (QED) is 0.384. The van der Waals surface area contributed by atoms with Crippen molar-refractivity contribution >= 4 is 23.2 Å². The van der Waals surface area contributed by atoms with E-state index >= 15 is 0 Å². The smallest absolute Gasteiger partial charge is 0.269 e. The maximum Gasteiger partial charge on any atom is 0.269 e. The maximum absolute atomic E-state index is 13.3. The van der Waals surface area contributed by atoms with Crippen LogP contribution in [0.25, 0.3) is 0 Å². The van der Waals surface area contributed by atoms with Crippen LogP contribution in [0.4, 0.5) is 17.3 Å². The van der Waals surface area contributed by atoms with Crippen molar-refractivity contribution in [2.24, 2.45) is 0 Å². The first-order valence-corrected chi connectivity index (χ1v) is 10.1. The molecule has 0 aliphatic carbocycles. The van der Waals surface area contributed by atoms with Crippen LogP contribution in [0.1, 0.15) is 30.8 Å². The predicted molar refractivity (Wildman–Crippen MR) is 118 cm³/mol. The van der Waals surface area contributed by atoms with Crippen molar-refractivity contribution in [3.8, 4) is 0 Å². The van der Waals surface area contributed by atoms with Crippen LogP contribution in [0.3, 0.4) is 0 Å². The average molecular weight is 434 g/mol. The van der Waals surface area contributed by atoms with E-state index in [9.17, 15) is 14.9 Å². The molecule has 1 aromatic heterocycles. The lowest BCUT2D eigenvalue weighted by Gasteiger charge is -2.28. The molecule has 0 spiro atoms. The number of non-ortho nitro benzene ring substituents is 1. The molecule has 10 heteroatoms. The van der Waals surface area contributed by atoms with E-state index in [-0.39, 0.29) is 18.2 Å². The predicted octanol–water partition coefficient (Wildman–Crippen LogP) is 3.04. The third-order valence-electron chi connectivity index (χ3n) is 5.15. The molecule has 0 saturated heterocycles. The summed E-state index contributed by atoms with van der Waals surface area (Å²) in [6.07, 6.45) is 0.995. The molecule has 2 heterocycles. The number of aliphatic hydroxyl groups is 1. The number of benzene rings is 2. The minimum absolute atomic E-state index is 0.0189. The molecule has 0 fully saturated rings. The van der Waals surface area contributed by atoms with Gasteiger partial charge in [-0.3, -0.25) is 14.9 Å². The first-order chi connectivity index (χ1) is 15.5. The van der Waals surface area contributed by atoms with Gasteiger partial charge in [-0.15, -0.1) is 0 Å². The van der Waals surface area contributed by atoms with Gasteiger partial charge in [0.1, 0.15) is 6.04 Å². The normalized spacial score (nSPS) is 15.1. The molecule has 1 unspecified atom stereocenters. The number of hydrogen-bond acceptors (Lipinski definition) is 7. The van der Waals surface area contributed by atoms with E-state index in [0.29, 0.717) is 47.1 Å². The Hall–Kier alpha value is -4.05. The molecule has 0 saturated carbocycles. The fraction of sp³-hybridized carbons (Fsp3) is 0.227. The number of hydrogen-bond donors (Lipinski definition) is 3. The van der Waals surface area contributed by atoms with Gasteiger partial charge in [-0.25, -0.2) is 4.68 Å². The number of carbonyl (C=O) groups is 1. The largest absolute Gasteiger partial charge is 0.396 e. The number of amides is 1. The Morgan fingerprint density at radius 1 is 1.22 bits per heavy atom. The van der Waals surface area contributed by atoms with Crippen LogP contribution in [0.5, 0.6) is 0 Å². The number of nitrogens with zero attached hydrogens (tertiary/aromatic N) is 4. The lowest BCUT2D eigenvalue weighted by Crippen LogP contribution is -2.31. The van der Waals surface area contributed by atoms with E-state index in [1.807, 2.05) is 18.2 Å². The third-order valence-corrected chi connectivity index (χ3v) is 5.15. The topological polar surface area (TPSA) is 135 Å². The van der Waals surface area contributed by atoms with E-state index < -0.39 is 11.0 Å².